The van der Waals surface area contributed by atoms with E-state index in [0.717, 1.165) is 23.1 Å². The van der Waals surface area contributed by atoms with Crippen LogP contribution in [0.5, 0.6) is 0 Å². The molecular weight excluding hydrogens is 426 g/mol. The molecule has 0 radical (unpaired) electrons. The fraction of sp³-hybridized carbons (Fsp3) is 0.350. The number of hydrazone groups is 1. The largest absolute Gasteiger partial charge is 0.372 e. The Morgan fingerprint density at radius 2 is 1.56 bits per heavy atom. The highest BCUT2D eigenvalue weighted by molar-refractivity contribution is 9.10. The van der Waals surface area contributed by atoms with Crippen LogP contribution in [-0.2, 0) is 10.0 Å². The Hall–Kier alpha value is -1.86. The van der Waals surface area contributed by atoms with Gasteiger partial charge in [-0.3, -0.25) is 0 Å². The van der Waals surface area contributed by atoms with Crippen LogP contribution in [0.15, 0.2) is 63.0 Å². The van der Waals surface area contributed by atoms with Gasteiger partial charge in [-0.2, -0.15) is 18.4 Å². The van der Waals surface area contributed by atoms with Crippen LogP contribution < -0.4 is 9.73 Å². The van der Waals surface area contributed by atoms with Crippen LogP contribution >= 0.6 is 15.9 Å². The molecule has 0 aromatic heterocycles. The molecule has 5 nitrogen and oxygen atoms in total. The number of nitrogens with one attached hydrogen (secondary N) is 1. The van der Waals surface area contributed by atoms with E-state index in [1.165, 1.54) is 43.5 Å². The third-order valence-corrected chi connectivity index (χ3v) is 6.47. The molecule has 2 aromatic carbocycles. The Kier molecular flexibility index (Phi) is 6.55. The molecule has 0 amide bonds. The summed E-state index contributed by atoms with van der Waals surface area (Å²) in [6.07, 6.45) is 5.08. The summed E-state index contributed by atoms with van der Waals surface area (Å²) in [5.74, 6) is 0. The minimum absolute atomic E-state index is 0.179. The van der Waals surface area contributed by atoms with Crippen molar-refractivity contribution in [1.82, 2.24) is 4.83 Å². The lowest BCUT2D eigenvalue weighted by Crippen LogP contribution is -2.23. The van der Waals surface area contributed by atoms with Crippen LogP contribution in [0.3, 0.4) is 0 Å². The number of anilines is 1. The molecule has 0 atom stereocenters. The van der Waals surface area contributed by atoms with E-state index in [4.69, 9.17) is 0 Å². The van der Waals surface area contributed by atoms with Gasteiger partial charge in [0.1, 0.15) is 0 Å². The highest BCUT2D eigenvalue weighted by Crippen LogP contribution is 2.20. The van der Waals surface area contributed by atoms with Crippen molar-refractivity contribution in [3.8, 4) is 0 Å². The van der Waals surface area contributed by atoms with E-state index in [9.17, 15) is 8.42 Å². The summed E-state index contributed by atoms with van der Waals surface area (Å²) in [7, 11) is -3.68. The molecular formula is C20H24BrN3O2S. The number of nitrogens with zero attached hydrogens (tertiary/aromatic N) is 2. The predicted octanol–water partition coefficient (Wildman–Crippen LogP) is 4.53. The molecule has 0 aliphatic carbocycles. The minimum atomic E-state index is -3.68. The van der Waals surface area contributed by atoms with Crippen LogP contribution in [0.4, 0.5) is 5.69 Å². The Morgan fingerprint density at radius 3 is 2.15 bits per heavy atom. The summed E-state index contributed by atoms with van der Waals surface area (Å²) in [6.45, 7) is 3.99. The van der Waals surface area contributed by atoms with E-state index in [-0.39, 0.29) is 4.90 Å². The number of sulfonamides is 1. The van der Waals surface area contributed by atoms with Crippen LogP contribution in [0.25, 0.3) is 0 Å². The zero-order valence-corrected chi connectivity index (χ0v) is 17.8. The Bertz CT molecular complexity index is 886. The first-order valence-corrected chi connectivity index (χ1v) is 11.4. The molecule has 0 bridgehead atoms. The van der Waals surface area contributed by atoms with Gasteiger partial charge in [0.15, 0.2) is 0 Å². The number of halogens is 1. The average molecular weight is 450 g/mol. The highest BCUT2D eigenvalue weighted by atomic mass is 79.9. The lowest BCUT2D eigenvalue weighted by Gasteiger charge is -2.22. The molecule has 1 fully saturated rings. The quantitative estimate of drug-likeness (QED) is 0.538. The van der Waals surface area contributed by atoms with Gasteiger partial charge in [0, 0.05) is 23.2 Å². The molecule has 1 heterocycles. The van der Waals surface area contributed by atoms with Crippen molar-refractivity contribution in [2.45, 2.75) is 37.5 Å². The Morgan fingerprint density at radius 1 is 0.963 bits per heavy atom. The molecule has 144 valence electrons. The van der Waals surface area contributed by atoms with E-state index in [2.05, 4.69) is 42.9 Å². The summed E-state index contributed by atoms with van der Waals surface area (Å²) in [5, 5.41) is 4.08. The molecule has 1 aliphatic heterocycles. The molecule has 2 aromatic rings. The summed E-state index contributed by atoms with van der Waals surface area (Å²) < 4.78 is 25.5. The zero-order valence-electron chi connectivity index (χ0n) is 15.4. The normalized spacial score (nSPS) is 16.1. The number of benzene rings is 2. The maximum atomic E-state index is 12.3. The molecule has 0 unspecified atom stereocenters. The van der Waals surface area contributed by atoms with Crippen molar-refractivity contribution in [3.05, 3.63) is 58.6 Å². The summed E-state index contributed by atoms with van der Waals surface area (Å²) in [5.41, 5.74) is 2.73. The second kappa shape index (κ2) is 8.89. The van der Waals surface area contributed by atoms with E-state index < -0.39 is 10.0 Å². The van der Waals surface area contributed by atoms with Gasteiger partial charge in [-0.05, 0) is 61.7 Å². The second-order valence-electron chi connectivity index (χ2n) is 6.69. The smallest absolute Gasteiger partial charge is 0.276 e. The van der Waals surface area contributed by atoms with Crippen molar-refractivity contribution < 1.29 is 8.42 Å². The van der Waals surface area contributed by atoms with E-state index >= 15 is 0 Å². The number of hydrogen-bond donors (Lipinski definition) is 1. The first-order valence-electron chi connectivity index (χ1n) is 9.13. The van der Waals surface area contributed by atoms with E-state index in [1.807, 2.05) is 12.1 Å². The lowest BCUT2D eigenvalue weighted by atomic mass is 10.1. The zero-order chi connectivity index (χ0) is 19.3. The van der Waals surface area contributed by atoms with Gasteiger partial charge in [-0.1, -0.05) is 40.9 Å². The molecule has 1 N–H and O–H groups in total. The topological polar surface area (TPSA) is 61.8 Å². The Balaban J connectivity index is 1.69. The molecule has 0 spiro atoms. The fourth-order valence-corrected chi connectivity index (χ4v) is 4.22. The maximum absolute atomic E-state index is 12.3. The van der Waals surface area contributed by atoms with Crippen LogP contribution in [0.1, 0.15) is 38.2 Å². The first kappa shape index (κ1) is 19.9. The van der Waals surface area contributed by atoms with Gasteiger partial charge >= 0.3 is 0 Å². The van der Waals surface area contributed by atoms with Crippen LogP contribution in [0, 0.1) is 0 Å². The average Bonchev–Trinajstić information content (AvgIpc) is 2.96. The predicted molar refractivity (Wildman–Crippen MR) is 114 cm³/mol. The monoisotopic (exact) mass is 449 g/mol. The van der Waals surface area contributed by atoms with Gasteiger partial charge in [-0.15, -0.1) is 0 Å². The standard InChI is InChI=1S/C20H24BrN3O2S/c1-16(22-23-27(25,26)20-12-8-18(21)9-13-20)17-6-10-19(11-7-17)24-14-4-2-3-5-15-24/h6-13,23H,2-5,14-15H2,1H3. The number of rotatable bonds is 5. The molecule has 1 aliphatic rings. The second-order valence-corrected chi connectivity index (χ2v) is 9.27. The van der Waals surface area contributed by atoms with Gasteiger partial charge in [0.25, 0.3) is 10.0 Å². The van der Waals surface area contributed by atoms with Gasteiger partial charge in [-0.25, -0.2) is 0 Å². The van der Waals surface area contributed by atoms with Crippen LogP contribution in [-0.4, -0.2) is 27.2 Å². The molecule has 3 rings (SSSR count). The van der Waals surface area contributed by atoms with Crippen molar-refractivity contribution in [1.29, 1.82) is 0 Å². The van der Waals surface area contributed by atoms with Gasteiger partial charge < -0.3 is 4.90 Å². The van der Waals surface area contributed by atoms with Crippen molar-refractivity contribution in [2.75, 3.05) is 18.0 Å². The lowest BCUT2D eigenvalue weighted by molar-refractivity contribution is 0.584. The first-order chi connectivity index (χ1) is 13.0. The number of hydrogen-bond acceptors (Lipinski definition) is 4. The van der Waals surface area contributed by atoms with Crippen LogP contribution in [0.2, 0.25) is 0 Å². The van der Waals surface area contributed by atoms with E-state index in [1.54, 1.807) is 19.1 Å². The third-order valence-electron chi connectivity index (χ3n) is 4.71. The maximum Gasteiger partial charge on any atom is 0.276 e. The van der Waals surface area contributed by atoms with Crippen molar-refractivity contribution in [3.63, 3.8) is 0 Å². The molecule has 0 saturated carbocycles. The molecule has 27 heavy (non-hydrogen) atoms. The third kappa shape index (κ3) is 5.32. The summed E-state index contributed by atoms with van der Waals surface area (Å²) in [6, 6.07) is 14.6. The summed E-state index contributed by atoms with van der Waals surface area (Å²) in [4.78, 5) is 4.91. The minimum Gasteiger partial charge on any atom is -0.372 e. The molecule has 1 saturated heterocycles. The SMILES string of the molecule is CC(=NNS(=O)(=O)c1ccc(Br)cc1)c1ccc(N2CCCCCC2)cc1. The van der Waals surface area contributed by atoms with Gasteiger partial charge in [0.05, 0.1) is 10.6 Å². The van der Waals surface area contributed by atoms with E-state index in [0.29, 0.717) is 5.71 Å². The summed E-state index contributed by atoms with van der Waals surface area (Å²) >= 11 is 3.30. The fourth-order valence-electron chi connectivity index (χ4n) is 3.10. The highest BCUT2D eigenvalue weighted by Gasteiger charge is 2.13. The Labute approximate surface area is 169 Å². The molecule has 7 heteroatoms. The van der Waals surface area contributed by atoms with Crippen molar-refractivity contribution >= 4 is 37.4 Å². The van der Waals surface area contributed by atoms with Gasteiger partial charge in [0.2, 0.25) is 0 Å². The van der Waals surface area contributed by atoms with Crippen molar-refractivity contribution in [2.24, 2.45) is 5.10 Å².